The van der Waals surface area contributed by atoms with Gasteiger partial charge in [-0.25, -0.2) is 28.7 Å². The van der Waals surface area contributed by atoms with E-state index in [0.29, 0.717) is 34.2 Å². The number of nitrogens with zero attached hydrogens (tertiary/aromatic N) is 6. The van der Waals surface area contributed by atoms with Crippen molar-refractivity contribution in [2.45, 2.75) is 65.5 Å². The minimum absolute atomic E-state index is 0.0150. The van der Waals surface area contributed by atoms with E-state index in [1.165, 1.54) is 31.7 Å². The monoisotopic (exact) mass is 517 g/mol. The Morgan fingerprint density at radius 1 is 0.921 bits per heavy atom. The quantitative estimate of drug-likeness (QED) is 0.306. The molecule has 4 aromatic rings. The van der Waals surface area contributed by atoms with Crippen LogP contribution in [0.25, 0.3) is 22.3 Å². The molecule has 0 amide bonds. The number of likely N-dealkylation sites (tertiary alicyclic amines) is 1. The third-order valence-electron chi connectivity index (χ3n) is 8.33. The van der Waals surface area contributed by atoms with E-state index in [4.69, 9.17) is 0 Å². The number of pyridine rings is 1. The van der Waals surface area contributed by atoms with Gasteiger partial charge in [-0.1, -0.05) is 6.07 Å². The Morgan fingerprint density at radius 3 is 2.34 bits per heavy atom. The third kappa shape index (κ3) is 4.53. The third-order valence-corrected chi connectivity index (χ3v) is 8.33. The molecule has 4 heterocycles. The van der Waals surface area contributed by atoms with Gasteiger partial charge < -0.3 is 9.88 Å². The normalized spacial score (nSPS) is 17.9. The zero-order chi connectivity index (χ0) is 26.6. The number of benzene rings is 1. The van der Waals surface area contributed by atoms with Crippen molar-refractivity contribution in [1.82, 2.24) is 29.4 Å². The SMILES string of the molecule is Cc1nc2c(F)cc(-c3nc(Nc4ccc([C@H](C)N5CCC6(CC5)CC6)cn4)ncc3F)cc2n1C(C)C. The van der Waals surface area contributed by atoms with Crippen molar-refractivity contribution >= 4 is 22.8 Å². The fourth-order valence-electron chi connectivity index (χ4n) is 5.80. The van der Waals surface area contributed by atoms with E-state index in [9.17, 15) is 8.78 Å². The molecule has 2 fully saturated rings. The lowest BCUT2D eigenvalue weighted by molar-refractivity contribution is 0.131. The van der Waals surface area contributed by atoms with Gasteiger partial charge >= 0.3 is 0 Å². The molecule has 38 heavy (non-hydrogen) atoms. The summed E-state index contributed by atoms with van der Waals surface area (Å²) in [5, 5.41) is 3.07. The molecule has 1 aliphatic carbocycles. The van der Waals surface area contributed by atoms with Gasteiger partial charge in [0.15, 0.2) is 11.6 Å². The Morgan fingerprint density at radius 2 is 1.68 bits per heavy atom. The number of anilines is 2. The van der Waals surface area contributed by atoms with Crippen molar-refractivity contribution in [3.05, 3.63) is 59.7 Å². The average Bonchev–Trinajstić information content (AvgIpc) is 3.56. The Hall–Kier alpha value is -3.46. The number of halogens is 2. The predicted octanol–water partition coefficient (Wildman–Crippen LogP) is 6.74. The summed E-state index contributed by atoms with van der Waals surface area (Å²) >= 11 is 0. The van der Waals surface area contributed by atoms with Gasteiger partial charge in [0, 0.05) is 23.8 Å². The molecule has 0 radical (unpaired) electrons. The number of aromatic nitrogens is 5. The Bertz CT molecular complexity index is 1480. The van der Waals surface area contributed by atoms with Crippen LogP contribution in [0.4, 0.5) is 20.5 Å². The van der Waals surface area contributed by atoms with Gasteiger partial charge in [-0.2, -0.15) is 0 Å². The summed E-state index contributed by atoms with van der Waals surface area (Å²) in [6.45, 7) is 10.3. The molecule has 1 aliphatic heterocycles. The van der Waals surface area contributed by atoms with Crippen LogP contribution in [0.5, 0.6) is 0 Å². The van der Waals surface area contributed by atoms with E-state index in [0.717, 1.165) is 24.8 Å². The van der Waals surface area contributed by atoms with E-state index in [2.05, 4.69) is 43.1 Å². The van der Waals surface area contributed by atoms with Crippen LogP contribution in [0.1, 0.15) is 69.9 Å². The van der Waals surface area contributed by atoms with Gasteiger partial charge in [0.2, 0.25) is 5.95 Å². The number of imidazole rings is 1. The van der Waals surface area contributed by atoms with Crippen molar-refractivity contribution in [2.24, 2.45) is 5.41 Å². The highest BCUT2D eigenvalue weighted by molar-refractivity contribution is 5.83. The van der Waals surface area contributed by atoms with Crippen molar-refractivity contribution in [3.63, 3.8) is 0 Å². The number of rotatable bonds is 6. The molecule has 1 saturated carbocycles. The fraction of sp³-hybridized carbons (Fsp3) is 0.448. The second kappa shape index (κ2) is 9.38. The maximum Gasteiger partial charge on any atom is 0.229 e. The number of nitrogens with one attached hydrogen (secondary N) is 1. The number of fused-ring (bicyclic) bond motifs is 1. The topological polar surface area (TPSA) is 71.8 Å². The molecule has 0 unspecified atom stereocenters. The van der Waals surface area contributed by atoms with Gasteiger partial charge in [0.05, 0.1) is 11.7 Å². The maximum absolute atomic E-state index is 15.0. The molecule has 1 aromatic carbocycles. The van der Waals surface area contributed by atoms with Crippen molar-refractivity contribution in [2.75, 3.05) is 18.4 Å². The van der Waals surface area contributed by atoms with Crippen LogP contribution in [0.15, 0.2) is 36.7 Å². The Kier molecular flexibility index (Phi) is 6.13. The molecule has 7 nitrogen and oxygen atoms in total. The molecule has 1 saturated heterocycles. The summed E-state index contributed by atoms with van der Waals surface area (Å²) in [6, 6.07) is 7.32. The first kappa shape index (κ1) is 24.9. The second-order valence-electron chi connectivity index (χ2n) is 11.2. The van der Waals surface area contributed by atoms with E-state index in [1.807, 2.05) is 37.6 Å². The maximum atomic E-state index is 15.0. The van der Waals surface area contributed by atoms with Crippen LogP contribution < -0.4 is 5.32 Å². The Balaban J connectivity index is 1.22. The smallest absolute Gasteiger partial charge is 0.229 e. The van der Waals surface area contributed by atoms with Gasteiger partial charge in [-0.05, 0) is 95.6 Å². The van der Waals surface area contributed by atoms with Crippen LogP contribution in [-0.2, 0) is 0 Å². The minimum Gasteiger partial charge on any atom is -0.326 e. The number of aryl methyl sites for hydroxylation is 1. The van der Waals surface area contributed by atoms with Gasteiger partial charge in [0.1, 0.15) is 22.9 Å². The molecule has 3 aromatic heterocycles. The summed E-state index contributed by atoms with van der Waals surface area (Å²) in [5.74, 6) is 0.305. The zero-order valence-corrected chi connectivity index (χ0v) is 22.3. The van der Waals surface area contributed by atoms with E-state index in [-0.39, 0.29) is 23.2 Å². The second-order valence-corrected chi connectivity index (χ2v) is 11.2. The summed E-state index contributed by atoms with van der Waals surface area (Å²) < 4.78 is 31.7. The first-order valence-corrected chi connectivity index (χ1v) is 13.4. The number of hydrogen-bond acceptors (Lipinski definition) is 6. The molecular weight excluding hydrogens is 484 g/mol. The first-order chi connectivity index (χ1) is 18.2. The highest BCUT2D eigenvalue weighted by atomic mass is 19.1. The molecule has 1 spiro atoms. The van der Waals surface area contributed by atoms with E-state index < -0.39 is 11.6 Å². The highest BCUT2D eigenvalue weighted by Crippen LogP contribution is 2.54. The standard InChI is InChI=1S/C29H33F2N7/c1-17(2)38-19(4)34-27-22(30)13-21(14-24(27)38)26-23(31)16-33-28(36-26)35-25-6-5-20(15-32-25)18(3)37-11-9-29(7-8-29)10-12-37/h5-6,13-18H,7-12H2,1-4H3,(H,32,33,35,36)/t18-/m0/s1. The molecular formula is C29H33F2N7. The summed E-state index contributed by atoms with van der Waals surface area (Å²) in [4.78, 5) is 19.9. The van der Waals surface area contributed by atoms with Gasteiger partial charge in [0.25, 0.3) is 0 Å². The van der Waals surface area contributed by atoms with Crippen LogP contribution in [-0.4, -0.2) is 42.5 Å². The Labute approximate surface area is 221 Å². The molecule has 1 atom stereocenters. The van der Waals surface area contributed by atoms with Crippen LogP contribution in [0, 0.1) is 24.0 Å². The van der Waals surface area contributed by atoms with E-state index in [1.54, 1.807) is 6.07 Å². The number of hydrogen-bond donors (Lipinski definition) is 1. The molecule has 0 bridgehead atoms. The summed E-state index contributed by atoms with van der Waals surface area (Å²) in [5.41, 5.74) is 3.02. The molecule has 6 rings (SSSR count). The van der Waals surface area contributed by atoms with Crippen LogP contribution in [0.2, 0.25) is 0 Å². The lowest BCUT2D eigenvalue weighted by atomic mass is 9.92. The van der Waals surface area contributed by atoms with Crippen molar-refractivity contribution in [3.8, 4) is 11.3 Å². The van der Waals surface area contributed by atoms with Crippen LogP contribution >= 0.6 is 0 Å². The minimum atomic E-state index is -0.631. The molecule has 198 valence electrons. The van der Waals surface area contributed by atoms with Gasteiger partial charge in [-0.15, -0.1) is 0 Å². The molecule has 9 heteroatoms. The lowest BCUT2D eigenvalue weighted by Crippen LogP contribution is -2.36. The summed E-state index contributed by atoms with van der Waals surface area (Å²) in [7, 11) is 0. The zero-order valence-electron chi connectivity index (χ0n) is 22.3. The molecule has 2 aliphatic rings. The van der Waals surface area contributed by atoms with Gasteiger partial charge in [-0.3, -0.25) is 4.90 Å². The largest absolute Gasteiger partial charge is 0.326 e. The fourth-order valence-corrected chi connectivity index (χ4v) is 5.80. The lowest BCUT2D eigenvalue weighted by Gasteiger charge is -2.36. The van der Waals surface area contributed by atoms with E-state index >= 15 is 0 Å². The summed E-state index contributed by atoms with van der Waals surface area (Å²) in [6.07, 6.45) is 8.36. The van der Waals surface area contributed by atoms with Crippen molar-refractivity contribution < 1.29 is 8.78 Å². The average molecular weight is 518 g/mol. The first-order valence-electron chi connectivity index (χ1n) is 13.4. The predicted molar refractivity (Wildman–Crippen MR) is 144 cm³/mol. The number of piperidine rings is 1. The van der Waals surface area contributed by atoms with Crippen LogP contribution in [0.3, 0.4) is 0 Å². The van der Waals surface area contributed by atoms with Crippen molar-refractivity contribution in [1.29, 1.82) is 0 Å². The highest BCUT2D eigenvalue weighted by Gasteiger charge is 2.44. The molecule has 1 N–H and O–H groups in total.